The number of aryl methyl sites for hydroxylation is 2. The van der Waals surface area contributed by atoms with Crippen molar-refractivity contribution < 1.29 is 13.2 Å². The predicted molar refractivity (Wildman–Crippen MR) is 130 cm³/mol. The molecule has 1 aliphatic heterocycles. The van der Waals surface area contributed by atoms with Crippen molar-refractivity contribution in [2.45, 2.75) is 51.3 Å². The Morgan fingerprint density at radius 2 is 1.91 bits per heavy atom. The fourth-order valence-corrected chi connectivity index (χ4v) is 6.07. The molecule has 0 saturated carbocycles. The summed E-state index contributed by atoms with van der Waals surface area (Å²) in [6.07, 6.45) is 3.17. The van der Waals surface area contributed by atoms with Crippen molar-refractivity contribution in [3.63, 3.8) is 0 Å². The van der Waals surface area contributed by atoms with Gasteiger partial charge in [0, 0.05) is 31.6 Å². The molecule has 8 heteroatoms. The molecule has 4 rings (SSSR count). The summed E-state index contributed by atoms with van der Waals surface area (Å²) in [5.74, 6) is 1.17. The highest BCUT2D eigenvalue weighted by molar-refractivity contribution is 7.89. The Labute approximate surface area is 195 Å². The highest BCUT2D eigenvalue weighted by atomic mass is 32.2. The number of hydrogen-bond donors (Lipinski definition) is 2. The van der Waals surface area contributed by atoms with Crippen molar-refractivity contribution in [2.75, 3.05) is 19.6 Å². The quantitative estimate of drug-likeness (QED) is 0.513. The van der Waals surface area contributed by atoms with Crippen LogP contribution in [0.2, 0.25) is 0 Å². The first kappa shape index (κ1) is 23.4. The Morgan fingerprint density at radius 3 is 2.64 bits per heavy atom. The molecule has 1 aromatic heterocycles. The standard InChI is InChI=1S/C25H32N4O3S/c1-17-10-13-29(14-11-17)33(31,32)23-16-20(15-18(2)19(23)3)25(30)26-12-6-9-24-27-21-7-4-5-8-22(21)28-24/h4-5,7-8,15-17H,6,9-14H2,1-3H3,(H,26,30)(H,27,28). The number of fused-ring (bicyclic) bond motifs is 1. The van der Waals surface area contributed by atoms with Gasteiger partial charge in [0.2, 0.25) is 10.0 Å². The maximum atomic E-state index is 13.3. The van der Waals surface area contributed by atoms with E-state index in [1.807, 2.05) is 38.1 Å². The number of hydrogen-bond acceptors (Lipinski definition) is 4. The number of sulfonamides is 1. The fraction of sp³-hybridized carbons (Fsp3) is 0.440. The normalized spacial score (nSPS) is 15.7. The van der Waals surface area contributed by atoms with E-state index in [2.05, 4.69) is 22.2 Å². The third kappa shape index (κ3) is 5.12. The number of piperidine rings is 1. The van der Waals surface area contributed by atoms with Gasteiger partial charge >= 0.3 is 0 Å². The number of imidazole rings is 1. The Balaban J connectivity index is 1.41. The third-order valence-corrected chi connectivity index (χ3v) is 8.58. The SMILES string of the molecule is Cc1cc(C(=O)NCCCc2nc3ccccc3[nH]2)cc(S(=O)(=O)N2CCC(C)CC2)c1C. The Kier molecular flexibility index (Phi) is 6.86. The van der Waals surface area contributed by atoms with Crippen LogP contribution < -0.4 is 5.32 Å². The van der Waals surface area contributed by atoms with Crippen LogP contribution in [0.15, 0.2) is 41.3 Å². The molecule has 33 heavy (non-hydrogen) atoms. The minimum absolute atomic E-state index is 0.240. The van der Waals surface area contributed by atoms with Gasteiger partial charge in [0.15, 0.2) is 0 Å². The van der Waals surface area contributed by atoms with Crippen LogP contribution >= 0.6 is 0 Å². The molecule has 1 aliphatic rings. The Hall–Kier alpha value is -2.71. The second-order valence-electron chi connectivity index (χ2n) is 9.06. The molecule has 1 amide bonds. The lowest BCUT2D eigenvalue weighted by Gasteiger charge is -2.30. The van der Waals surface area contributed by atoms with E-state index in [1.54, 1.807) is 10.4 Å². The molecule has 0 atom stereocenters. The van der Waals surface area contributed by atoms with Crippen LogP contribution in [0.4, 0.5) is 0 Å². The summed E-state index contributed by atoms with van der Waals surface area (Å²) in [6, 6.07) is 11.2. The zero-order valence-electron chi connectivity index (χ0n) is 19.5. The van der Waals surface area contributed by atoms with Gasteiger partial charge in [-0.1, -0.05) is 19.1 Å². The molecule has 0 unspecified atom stereocenters. The summed E-state index contributed by atoms with van der Waals surface area (Å²) >= 11 is 0. The molecule has 0 radical (unpaired) electrons. The Bertz CT molecular complexity index is 1220. The van der Waals surface area contributed by atoms with Crippen LogP contribution in [0.1, 0.15) is 53.5 Å². The highest BCUT2D eigenvalue weighted by Gasteiger charge is 2.30. The zero-order valence-corrected chi connectivity index (χ0v) is 20.3. The second kappa shape index (κ2) is 9.65. The number of para-hydroxylation sites is 2. The molecule has 2 heterocycles. The lowest BCUT2D eigenvalue weighted by Crippen LogP contribution is -2.38. The van der Waals surface area contributed by atoms with Gasteiger partial charge in [-0.2, -0.15) is 4.31 Å². The topological polar surface area (TPSA) is 95.2 Å². The molecule has 0 bridgehead atoms. The van der Waals surface area contributed by atoms with Gasteiger partial charge in [-0.05, 0) is 74.4 Å². The minimum atomic E-state index is -3.63. The summed E-state index contributed by atoms with van der Waals surface area (Å²) < 4.78 is 28.2. The van der Waals surface area contributed by atoms with Gasteiger partial charge < -0.3 is 10.3 Å². The number of nitrogens with zero attached hydrogens (tertiary/aromatic N) is 2. The lowest BCUT2D eigenvalue weighted by molar-refractivity contribution is 0.0953. The lowest BCUT2D eigenvalue weighted by atomic mass is 10.0. The molecule has 1 saturated heterocycles. The number of rotatable bonds is 7. The number of aromatic nitrogens is 2. The average molecular weight is 469 g/mol. The molecule has 0 aliphatic carbocycles. The summed E-state index contributed by atoms with van der Waals surface area (Å²) in [5, 5.41) is 2.92. The van der Waals surface area contributed by atoms with E-state index in [0.717, 1.165) is 48.1 Å². The van der Waals surface area contributed by atoms with Crippen LogP contribution in [0.3, 0.4) is 0 Å². The molecular weight excluding hydrogens is 436 g/mol. The number of aromatic amines is 1. The van der Waals surface area contributed by atoms with Crippen molar-refractivity contribution in [1.82, 2.24) is 19.6 Å². The predicted octanol–water partition coefficient (Wildman–Crippen LogP) is 3.96. The Morgan fingerprint density at radius 1 is 1.18 bits per heavy atom. The monoisotopic (exact) mass is 468 g/mol. The first-order chi connectivity index (χ1) is 15.8. The first-order valence-electron chi connectivity index (χ1n) is 11.6. The maximum Gasteiger partial charge on any atom is 0.251 e. The van der Waals surface area contributed by atoms with E-state index in [1.165, 1.54) is 6.07 Å². The van der Waals surface area contributed by atoms with Crippen molar-refractivity contribution in [1.29, 1.82) is 0 Å². The number of carbonyl (C=O) groups is 1. The number of carbonyl (C=O) groups excluding carboxylic acids is 1. The molecule has 2 N–H and O–H groups in total. The van der Waals surface area contributed by atoms with Gasteiger partial charge in [0.1, 0.15) is 5.82 Å². The van der Waals surface area contributed by atoms with Crippen LogP contribution in [-0.2, 0) is 16.4 Å². The molecule has 3 aromatic rings. The molecule has 0 spiro atoms. The molecule has 176 valence electrons. The summed E-state index contributed by atoms with van der Waals surface area (Å²) in [5.41, 5.74) is 3.82. The van der Waals surface area contributed by atoms with Crippen molar-refractivity contribution in [2.24, 2.45) is 5.92 Å². The van der Waals surface area contributed by atoms with Gasteiger partial charge in [-0.15, -0.1) is 0 Å². The highest BCUT2D eigenvalue weighted by Crippen LogP contribution is 2.28. The van der Waals surface area contributed by atoms with E-state index >= 15 is 0 Å². The van der Waals surface area contributed by atoms with Gasteiger partial charge in [0.05, 0.1) is 15.9 Å². The van der Waals surface area contributed by atoms with Crippen molar-refractivity contribution >= 4 is 27.0 Å². The summed E-state index contributed by atoms with van der Waals surface area (Å²) in [4.78, 5) is 20.9. The van der Waals surface area contributed by atoms with Crippen LogP contribution in [0.25, 0.3) is 11.0 Å². The minimum Gasteiger partial charge on any atom is -0.352 e. The molecule has 7 nitrogen and oxygen atoms in total. The fourth-order valence-electron chi connectivity index (χ4n) is 4.27. The van der Waals surface area contributed by atoms with Gasteiger partial charge in [0.25, 0.3) is 5.91 Å². The van der Waals surface area contributed by atoms with Crippen LogP contribution in [0, 0.1) is 19.8 Å². The zero-order chi connectivity index (χ0) is 23.6. The molecule has 2 aromatic carbocycles. The average Bonchev–Trinajstić information content (AvgIpc) is 3.21. The summed E-state index contributed by atoms with van der Waals surface area (Å²) in [6.45, 7) is 7.35. The maximum absolute atomic E-state index is 13.3. The van der Waals surface area contributed by atoms with E-state index < -0.39 is 10.0 Å². The van der Waals surface area contributed by atoms with Crippen LogP contribution in [0.5, 0.6) is 0 Å². The second-order valence-corrected chi connectivity index (χ2v) is 11.0. The molecular formula is C25H32N4O3S. The van der Waals surface area contributed by atoms with Crippen molar-refractivity contribution in [3.05, 3.63) is 58.9 Å². The number of benzene rings is 2. The van der Waals surface area contributed by atoms with E-state index in [4.69, 9.17) is 0 Å². The third-order valence-electron chi connectivity index (χ3n) is 6.56. The first-order valence-corrected chi connectivity index (χ1v) is 13.0. The molecule has 1 fully saturated rings. The van der Waals surface area contributed by atoms with Gasteiger partial charge in [-0.25, -0.2) is 13.4 Å². The number of nitrogens with one attached hydrogen (secondary N) is 2. The largest absolute Gasteiger partial charge is 0.352 e. The van der Waals surface area contributed by atoms with E-state index in [-0.39, 0.29) is 10.8 Å². The van der Waals surface area contributed by atoms with Gasteiger partial charge in [-0.3, -0.25) is 4.79 Å². The van der Waals surface area contributed by atoms with E-state index in [0.29, 0.717) is 36.7 Å². The van der Waals surface area contributed by atoms with Crippen LogP contribution in [-0.4, -0.2) is 48.2 Å². The smallest absolute Gasteiger partial charge is 0.251 e. The number of H-pyrrole nitrogens is 1. The summed E-state index contributed by atoms with van der Waals surface area (Å²) in [7, 11) is -3.63. The van der Waals surface area contributed by atoms with E-state index in [9.17, 15) is 13.2 Å². The number of amides is 1. The van der Waals surface area contributed by atoms with Crippen molar-refractivity contribution in [3.8, 4) is 0 Å².